The quantitative estimate of drug-likeness (QED) is 0.548. The fourth-order valence-electron chi connectivity index (χ4n) is 5.30. The van der Waals surface area contributed by atoms with Gasteiger partial charge in [-0.3, -0.25) is 4.90 Å². The summed E-state index contributed by atoms with van der Waals surface area (Å²) in [5.41, 5.74) is 4.32. The van der Waals surface area contributed by atoms with E-state index in [1.807, 2.05) is 18.3 Å². The number of halogens is 1. The van der Waals surface area contributed by atoms with Gasteiger partial charge in [-0.15, -0.1) is 0 Å². The fraction of sp³-hybridized carbons (Fsp3) is 0.444. The lowest BCUT2D eigenvalue weighted by Gasteiger charge is -2.34. The molecule has 2 aliphatic rings. The van der Waals surface area contributed by atoms with Crippen LogP contribution in [0.15, 0.2) is 54.9 Å². The zero-order valence-electron chi connectivity index (χ0n) is 20.1. The summed E-state index contributed by atoms with van der Waals surface area (Å²) in [6.45, 7) is 6.49. The number of benzene rings is 2. The van der Waals surface area contributed by atoms with Gasteiger partial charge < -0.3 is 19.5 Å². The topological polar surface area (TPSA) is 47.6 Å². The van der Waals surface area contributed by atoms with Crippen LogP contribution in [-0.4, -0.2) is 66.6 Å². The highest BCUT2D eigenvalue weighted by molar-refractivity contribution is 5.46. The van der Waals surface area contributed by atoms with E-state index in [2.05, 4.69) is 57.0 Å². The molecule has 1 unspecified atom stereocenters. The van der Waals surface area contributed by atoms with Gasteiger partial charge in [-0.05, 0) is 67.9 Å². The van der Waals surface area contributed by atoms with E-state index >= 15 is 0 Å². The van der Waals surface area contributed by atoms with Crippen molar-refractivity contribution in [3.63, 3.8) is 0 Å². The van der Waals surface area contributed by atoms with E-state index in [1.54, 1.807) is 18.3 Å². The summed E-state index contributed by atoms with van der Waals surface area (Å²) < 4.78 is 20.2. The number of hydrogen-bond donors (Lipinski definition) is 1. The van der Waals surface area contributed by atoms with Crippen molar-refractivity contribution in [2.24, 2.45) is 0 Å². The molecule has 0 radical (unpaired) electrons. The van der Waals surface area contributed by atoms with E-state index in [-0.39, 0.29) is 5.82 Å². The third-order valence-electron chi connectivity index (χ3n) is 7.09. The maximum Gasteiger partial charge on any atom is 0.202 e. The van der Waals surface area contributed by atoms with E-state index in [0.29, 0.717) is 6.61 Å². The normalized spacial score (nSPS) is 20.8. The molecule has 1 fully saturated rings. The van der Waals surface area contributed by atoms with Crippen LogP contribution in [0.1, 0.15) is 35.1 Å². The molecule has 0 aliphatic carbocycles. The fourth-order valence-corrected chi connectivity index (χ4v) is 5.30. The predicted octanol–water partition coefficient (Wildman–Crippen LogP) is 3.99. The molecule has 3 aromatic rings. The van der Waals surface area contributed by atoms with Crippen molar-refractivity contribution in [2.75, 3.05) is 51.7 Å². The van der Waals surface area contributed by atoms with Crippen molar-refractivity contribution in [1.29, 1.82) is 0 Å². The summed E-state index contributed by atoms with van der Waals surface area (Å²) in [5, 5.41) is 0. The van der Waals surface area contributed by atoms with Gasteiger partial charge in [-0.1, -0.05) is 30.3 Å². The third kappa shape index (κ3) is 4.73. The molecule has 7 heteroatoms. The Labute approximate surface area is 201 Å². The molecule has 5 rings (SSSR count). The second kappa shape index (κ2) is 9.86. The van der Waals surface area contributed by atoms with Gasteiger partial charge in [0.15, 0.2) is 0 Å². The highest BCUT2D eigenvalue weighted by atomic mass is 19.1. The first kappa shape index (κ1) is 23.0. The van der Waals surface area contributed by atoms with Gasteiger partial charge in [0.25, 0.3) is 0 Å². The molecule has 2 aromatic carbocycles. The molecule has 1 atom stereocenters. The van der Waals surface area contributed by atoms with Gasteiger partial charge in [0.05, 0.1) is 6.61 Å². The smallest absolute Gasteiger partial charge is 0.202 e. The largest absolute Gasteiger partial charge is 0.361 e. The molecule has 3 heterocycles. The summed E-state index contributed by atoms with van der Waals surface area (Å²) in [4.78, 5) is 14.6. The monoisotopic (exact) mass is 463 g/mol. The van der Waals surface area contributed by atoms with Crippen molar-refractivity contribution >= 4 is 5.95 Å². The molecule has 2 aliphatic heterocycles. The minimum Gasteiger partial charge on any atom is -0.361 e. The number of aromatic nitrogens is 2. The zero-order chi connectivity index (χ0) is 23.5. The Hall–Kier alpha value is -2.74. The van der Waals surface area contributed by atoms with Gasteiger partial charge in [-0.25, -0.2) is 9.37 Å². The van der Waals surface area contributed by atoms with Crippen LogP contribution in [0.3, 0.4) is 0 Å². The predicted molar refractivity (Wildman–Crippen MR) is 132 cm³/mol. The van der Waals surface area contributed by atoms with Crippen LogP contribution in [0.5, 0.6) is 0 Å². The van der Waals surface area contributed by atoms with Crippen molar-refractivity contribution < 1.29 is 9.13 Å². The van der Waals surface area contributed by atoms with Gasteiger partial charge in [0, 0.05) is 45.1 Å². The first-order valence-corrected chi connectivity index (χ1v) is 12.2. The van der Waals surface area contributed by atoms with Crippen molar-refractivity contribution in [2.45, 2.75) is 31.6 Å². The summed E-state index contributed by atoms with van der Waals surface area (Å²) in [7, 11) is 4.18. The zero-order valence-corrected chi connectivity index (χ0v) is 20.1. The molecule has 0 saturated carbocycles. The van der Waals surface area contributed by atoms with Gasteiger partial charge in [-0.2, -0.15) is 0 Å². The SMILES string of the molecule is CN(C)CCCC1(c2ccc(F)cc2)OCc2cc(CN3CCN(c4ncc[nH]4)CC3)ccc21. The molecule has 0 spiro atoms. The van der Waals surface area contributed by atoms with E-state index in [9.17, 15) is 4.39 Å². The Bertz CT molecular complexity index is 1080. The van der Waals surface area contributed by atoms with Crippen LogP contribution in [0, 0.1) is 5.82 Å². The lowest BCUT2D eigenvalue weighted by molar-refractivity contribution is -0.0140. The Kier molecular flexibility index (Phi) is 6.68. The molecule has 34 heavy (non-hydrogen) atoms. The molecule has 1 saturated heterocycles. The second-order valence-corrected chi connectivity index (χ2v) is 9.70. The van der Waals surface area contributed by atoms with E-state index in [1.165, 1.54) is 16.7 Å². The Morgan fingerprint density at radius 3 is 2.59 bits per heavy atom. The van der Waals surface area contributed by atoms with Crippen LogP contribution < -0.4 is 4.90 Å². The number of fused-ring (bicyclic) bond motifs is 1. The average molecular weight is 464 g/mol. The highest BCUT2D eigenvalue weighted by Crippen LogP contribution is 2.45. The molecule has 1 N–H and O–H groups in total. The molecule has 180 valence electrons. The summed E-state index contributed by atoms with van der Waals surface area (Å²) >= 11 is 0. The standard InChI is InChI=1S/C27H34FN5O/c1-31(2)13-3-10-27(23-5-7-24(28)8-6-23)25-9-4-21(18-22(25)20-34-27)19-32-14-16-33(17-15-32)26-29-11-12-30-26/h4-9,11-12,18H,3,10,13-17,19-20H2,1-2H3,(H,29,30). The number of aromatic amines is 1. The van der Waals surface area contributed by atoms with Crippen LogP contribution >= 0.6 is 0 Å². The number of nitrogens with zero attached hydrogens (tertiary/aromatic N) is 4. The first-order valence-electron chi connectivity index (χ1n) is 12.2. The van der Waals surface area contributed by atoms with Crippen molar-refractivity contribution in [3.05, 3.63) is 82.9 Å². The van der Waals surface area contributed by atoms with Crippen LogP contribution in [0.2, 0.25) is 0 Å². The minimum absolute atomic E-state index is 0.215. The Balaban J connectivity index is 1.31. The minimum atomic E-state index is -0.508. The highest BCUT2D eigenvalue weighted by Gasteiger charge is 2.41. The van der Waals surface area contributed by atoms with Crippen LogP contribution in [-0.2, 0) is 23.5 Å². The molecule has 6 nitrogen and oxygen atoms in total. The number of ether oxygens (including phenoxy) is 1. The second-order valence-electron chi connectivity index (χ2n) is 9.70. The van der Waals surface area contributed by atoms with E-state index in [0.717, 1.165) is 63.6 Å². The van der Waals surface area contributed by atoms with Gasteiger partial charge >= 0.3 is 0 Å². The number of H-pyrrole nitrogens is 1. The molecule has 0 bridgehead atoms. The molecular formula is C27H34FN5O. The third-order valence-corrected chi connectivity index (χ3v) is 7.09. The Morgan fingerprint density at radius 2 is 1.88 bits per heavy atom. The average Bonchev–Trinajstić information content (AvgIpc) is 3.49. The Morgan fingerprint density at radius 1 is 1.09 bits per heavy atom. The maximum atomic E-state index is 13.7. The van der Waals surface area contributed by atoms with E-state index < -0.39 is 5.60 Å². The van der Waals surface area contributed by atoms with Crippen molar-refractivity contribution in [1.82, 2.24) is 19.8 Å². The van der Waals surface area contributed by atoms with Gasteiger partial charge in [0.2, 0.25) is 5.95 Å². The number of imidazole rings is 1. The summed E-state index contributed by atoms with van der Waals surface area (Å²) in [6, 6.07) is 13.7. The number of nitrogens with one attached hydrogen (secondary N) is 1. The van der Waals surface area contributed by atoms with Crippen LogP contribution in [0.25, 0.3) is 0 Å². The number of rotatable bonds is 8. The lowest BCUT2D eigenvalue weighted by atomic mass is 9.81. The number of anilines is 1. The lowest BCUT2D eigenvalue weighted by Crippen LogP contribution is -2.46. The van der Waals surface area contributed by atoms with Crippen LogP contribution in [0.4, 0.5) is 10.3 Å². The van der Waals surface area contributed by atoms with E-state index in [4.69, 9.17) is 4.74 Å². The van der Waals surface area contributed by atoms with Gasteiger partial charge in [0.1, 0.15) is 11.4 Å². The number of hydrogen-bond acceptors (Lipinski definition) is 5. The maximum absolute atomic E-state index is 13.7. The van der Waals surface area contributed by atoms with Crippen molar-refractivity contribution in [3.8, 4) is 0 Å². The summed E-state index contributed by atoms with van der Waals surface area (Å²) in [6.07, 6.45) is 5.56. The molecular weight excluding hydrogens is 429 g/mol. The number of piperazine rings is 1. The first-order chi connectivity index (χ1) is 16.5. The summed E-state index contributed by atoms with van der Waals surface area (Å²) in [5.74, 6) is 0.744. The molecule has 0 amide bonds. The molecule has 1 aromatic heterocycles.